The van der Waals surface area contributed by atoms with Crippen LogP contribution in [0.3, 0.4) is 0 Å². The third-order valence-corrected chi connectivity index (χ3v) is 4.44. The van der Waals surface area contributed by atoms with E-state index in [0.29, 0.717) is 5.69 Å². The first-order valence-electron chi connectivity index (χ1n) is 8.57. The number of carbonyl (C=O) groups excluding carboxylic acids is 1. The molecule has 0 unspecified atom stereocenters. The number of nitro groups is 2. The number of hydrogen-bond donors (Lipinski definition) is 2. The third-order valence-electron chi connectivity index (χ3n) is 3.83. The summed E-state index contributed by atoms with van der Waals surface area (Å²) in [5, 5.41) is 31.8. The Morgan fingerprint density at radius 2 is 1.25 bits per heavy atom. The largest absolute Gasteiger partial charge is 0.478 e. The quantitative estimate of drug-likeness (QED) is 0.365. The molecular weight excluding hydrogens is 465 g/mol. The smallest absolute Gasteiger partial charge is 0.335 e. The summed E-state index contributed by atoms with van der Waals surface area (Å²) in [5.41, 5.74) is 0.307. The van der Waals surface area contributed by atoms with Gasteiger partial charge < -0.3 is 10.4 Å². The van der Waals surface area contributed by atoms with Gasteiger partial charge in [0.1, 0.15) is 10.0 Å². The van der Waals surface area contributed by atoms with Gasteiger partial charge in [0.05, 0.1) is 15.4 Å². The monoisotopic (exact) mass is 477 g/mol. The molecule has 0 spiro atoms. The fourth-order valence-corrected chi connectivity index (χ4v) is 2.81. The molecule has 164 valence electrons. The summed E-state index contributed by atoms with van der Waals surface area (Å²) in [5.74, 6) is -1.54. The first-order valence-corrected chi connectivity index (χ1v) is 9.33. The van der Waals surface area contributed by atoms with Crippen LogP contribution in [0.2, 0.25) is 10.0 Å². The number of rotatable bonds is 5. The van der Waals surface area contributed by atoms with E-state index in [4.69, 9.17) is 28.3 Å². The number of halogens is 2. The summed E-state index contributed by atoms with van der Waals surface area (Å²) in [7, 11) is 0. The van der Waals surface area contributed by atoms with Gasteiger partial charge in [-0.05, 0) is 36.4 Å². The molecule has 10 nitrogen and oxygen atoms in total. The Labute approximate surface area is 190 Å². The van der Waals surface area contributed by atoms with E-state index >= 15 is 0 Å². The zero-order chi connectivity index (χ0) is 23.8. The van der Waals surface area contributed by atoms with Crippen LogP contribution in [0.15, 0.2) is 66.7 Å². The predicted molar refractivity (Wildman–Crippen MR) is 118 cm³/mol. The lowest BCUT2D eigenvalue weighted by Gasteiger charge is -2.05. The molecule has 3 aromatic carbocycles. The van der Waals surface area contributed by atoms with E-state index in [0.717, 1.165) is 18.2 Å². The molecule has 0 heterocycles. The van der Waals surface area contributed by atoms with Gasteiger partial charge >= 0.3 is 5.97 Å². The molecule has 0 radical (unpaired) electrons. The van der Waals surface area contributed by atoms with Crippen molar-refractivity contribution in [3.05, 3.63) is 108 Å². The maximum atomic E-state index is 11.9. The summed E-state index contributed by atoms with van der Waals surface area (Å²) >= 11 is 11.2. The normalized spacial score (nSPS) is 9.81. The van der Waals surface area contributed by atoms with Crippen molar-refractivity contribution in [1.82, 2.24) is 0 Å². The number of hydrogen-bond acceptors (Lipinski definition) is 6. The Morgan fingerprint density at radius 1 is 0.781 bits per heavy atom. The number of benzene rings is 3. The molecule has 0 aliphatic carbocycles. The highest BCUT2D eigenvalue weighted by Gasteiger charge is 2.15. The molecule has 12 heteroatoms. The molecular formula is C20H13Cl2N3O7. The van der Waals surface area contributed by atoms with E-state index in [1.165, 1.54) is 18.2 Å². The van der Waals surface area contributed by atoms with Crippen LogP contribution in [0.4, 0.5) is 17.1 Å². The first kappa shape index (κ1) is 24.3. The molecule has 0 fully saturated rings. The first-order chi connectivity index (χ1) is 15.1. The standard InChI is InChI=1S/C13H9ClN2O3.C7H4ClNO4/c14-11-8-9(6-7-12(11)16(18)19)13(17)15-10-4-2-1-3-5-10;8-5-3-4(7(10)11)1-2-6(5)9(12)13/h1-8H,(H,15,17);1-3H,(H,10,11). The van der Waals surface area contributed by atoms with Gasteiger partial charge in [-0.15, -0.1) is 0 Å². The number of carboxylic acids is 1. The number of nitrogens with zero attached hydrogens (tertiary/aromatic N) is 2. The summed E-state index contributed by atoms with van der Waals surface area (Å²) in [6, 6.07) is 16.0. The predicted octanol–water partition coefficient (Wildman–Crippen LogP) is 5.45. The minimum absolute atomic E-state index is 0.0642. The van der Waals surface area contributed by atoms with Crippen LogP contribution < -0.4 is 5.32 Å². The minimum Gasteiger partial charge on any atom is -0.478 e. The van der Waals surface area contributed by atoms with Crippen molar-refractivity contribution in [2.45, 2.75) is 0 Å². The van der Waals surface area contributed by atoms with Crippen LogP contribution in [0.1, 0.15) is 20.7 Å². The average Bonchev–Trinajstić information content (AvgIpc) is 2.74. The zero-order valence-corrected chi connectivity index (χ0v) is 17.4. The molecule has 32 heavy (non-hydrogen) atoms. The van der Waals surface area contributed by atoms with E-state index in [2.05, 4.69) is 5.32 Å². The Hall–Kier alpha value is -4.02. The van der Waals surface area contributed by atoms with Gasteiger partial charge in [-0.25, -0.2) is 4.79 Å². The Bertz CT molecular complexity index is 1190. The van der Waals surface area contributed by atoms with Crippen molar-refractivity contribution in [2.75, 3.05) is 5.32 Å². The van der Waals surface area contributed by atoms with Crippen molar-refractivity contribution in [2.24, 2.45) is 0 Å². The van der Waals surface area contributed by atoms with E-state index in [1.54, 1.807) is 24.3 Å². The molecule has 1 amide bonds. The fourth-order valence-electron chi connectivity index (χ4n) is 2.31. The van der Waals surface area contributed by atoms with Gasteiger partial charge in [0.25, 0.3) is 17.3 Å². The number of carboxylic acid groups (broad SMARTS) is 1. The number of nitrogens with one attached hydrogen (secondary N) is 1. The zero-order valence-electron chi connectivity index (χ0n) is 15.9. The molecule has 0 aliphatic heterocycles. The van der Waals surface area contributed by atoms with Crippen molar-refractivity contribution in [1.29, 1.82) is 0 Å². The number of amides is 1. The Balaban J connectivity index is 0.000000244. The maximum absolute atomic E-state index is 11.9. The van der Waals surface area contributed by atoms with Crippen LogP contribution in [0.25, 0.3) is 0 Å². The maximum Gasteiger partial charge on any atom is 0.335 e. The van der Waals surface area contributed by atoms with E-state index in [1.807, 2.05) is 6.07 Å². The number of carbonyl (C=O) groups is 2. The summed E-state index contributed by atoms with van der Waals surface area (Å²) in [6.07, 6.45) is 0. The summed E-state index contributed by atoms with van der Waals surface area (Å²) in [6.45, 7) is 0. The van der Waals surface area contributed by atoms with Gasteiger partial charge in [0, 0.05) is 23.4 Å². The SMILES string of the molecule is O=C(Nc1ccccc1)c1ccc([N+](=O)[O-])c(Cl)c1.O=C(O)c1ccc([N+](=O)[O-])c(Cl)c1. The van der Waals surface area contributed by atoms with Gasteiger partial charge in [0.2, 0.25) is 0 Å². The number of anilines is 1. The van der Waals surface area contributed by atoms with Crippen LogP contribution in [0.5, 0.6) is 0 Å². The van der Waals surface area contributed by atoms with Gasteiger partial charge in [0.15, 0.2) is 0 Å². The molecule has 0 saturated heterocycles. The number of aromatic carboxylic acids is 1. The second kappa shape index (κ2) is 10.8. The number of nitro benzene ring substituents is 2. The van der Waals surface area contributed by atoms with Crippen LogP contribution in [-0.4, -0.2) is 26.8 Å². The minimum atomic E-state index is -1.17. The highest BCUT2D eigenvalue weighted by Crippen LogP contribution is 2.26. The van der Waals surface area contributed by atoms with Crippen LogP contribution in [-0.2, 0) is 0 Å². The average molecular weight is 478 g/mol. The lowest BCUT2D eigenvalue weighted by Crippen LogP contribution is -2.11. The fraction of sp³-hybridized carbons (Fsp3) is 0. The highest BCUT2D eigenvalue weighted by atomic mass is 35.5. The van der Waals surface area contributed by atoms with E-state index in [9.17, 15) is 29.8 Å². The molecule has 3 rings (SSSR count). The second-order valence-electron chi connectivity index (χ2n) is 5.97. The molecule has 3 aromatic rings. The lowest BCUT2D eigenvalue weighted by molar-refractivity contribution is -0.384. The number of para-hydroxylation sites is 1. The van der Waals surface area contributed by atoms with Gasteiger partial charge in [-0.1, -0.05) is 41.4 Å². The molecule has 0 aromatic heterocycles. The van der Waals surface area contributed by atoms with E-state index in [-0.39, 0.29) is 38.5 Å². The van der Waals surface area contributed by atoms with E-state index < -0.39 is 15.8 Å². The van der Waals surface area contributed by atoms with Crippen molar-refractivity contribution >= 4 is 52.1 Å². The summed E-state index contributed by atoms with van der Waals surface area (Å²) in [4.78, 5) is 41.9. The summed E-state index contributed by atoms with van der Waals surface area (Å²) < 4.78 is 0. The van der Waals surface area contributed by atoms with Gasteiger partial charge in [-0.3, -0.25) is 25.0 Å². The second-order valence-corrected chi connectivity index (χ2v) is 6.79. The Morgan fingerprint density at radius 3 is 1.69 bits per heavy atom. The molecule has 0 atom stereocenters. The molecule has 0 aliphatic rings. The van der Waals surface area contributed by atoms with Crippen LogP contribution in [0, 0.1) is 20.2 Å². The topological polar surface area (TPSA) is 153 Å². The van der Waals surface area contributed by atoms with Gasteiger partial charge in [-0.2, -0.15) is 0 Å². The highest BCUT2D eigenvalue weighted by molar-refractivity contribution is 6.33. The Kier molecular flexibility index (Phi) is 8.22. The molecule has 2 N–H and O–H groups in total. The molecule has 0 bridgehead atoms. The van der Waals surface area contributed by atoms with Crippen molar-refractivity contribution in [3.8, 4) is 0 Å². The van der Waals surface area contributed by atoms with Crippen molar-refractivity contribution < 1.29 is 24.5 Å². The molecule has 0 saturated carbocycles. The van der Waals surface area contributed by atoms with Crippen LogP contribution >= 0.6 is 23.2 Å². The lowest BCUT2D eigenvalue weighted by atomic mass is 10.2. The third kappa shape index (κ3) is 6.49. The van der Waals surface area contributed by atoms with Crippen molar-refractivity contribution in [3.63, 3.8) is 0 Å².